The van der Waals surface area contributed by atoms with Gasteiger partial charge in [0.05, 0.1) is 19.0 Å². The van der Waals surface area contributed by atoms with Gasteiger partial charge in [-0.2, -0.15) is 15.0 Å². The summed E-state index contributed by atoms with van der Waals surface area (Å²) in [6.45, 7) is 2.94. The van der Waals surface area contributed by atoms with E-state index in [4.69, 9.17) is 4.74 Å². The molecule has 0 bridgehead atoms. The van der Waals surface area contributed by atoms with Gasteiger partial charge in [-0.25, -0.2) is 9.97 Å². The Labute approximate surface area is 129 Å². The monoisotopic (exact) mass is 303 g/mol. The minimum Gasteiger partial charge on any atom is -0.481 e. The van der Waals surface area contributed by atoms with E-state index in [0.717, 1.165) is 44.0 Å². The Morgan fingerprint density at radius 3 is 2.82 bits per heavy atom. The van der Waals surface area contributed by atoms with E-state index in [1.54, 1.807) is 11.9 Å². The molecule has 0 aliphatic carbocycles. The maximum absolute atomic E-state index is 5.12. The quantitative estimate of drug-likeness (QED) is 0.870. The predicted molar refractivity (Wildman–Crippen MR) is 81.5 cm³/mol. The SMILES string of the molecule is COc1cc(NC2CCN(Cc3cnn(C)n3)CC2)ncn1. The molecule has 3 rings (SSSR count). The summed E-state index contributed by atoms with van der Waals surface area (Å²) in [5, 5.41) is 11.9. The van der Waals surface area contributed by atoms with Crippen LogP contribution in [0.3, 0.4) is 0 Å². The fourth-order valence-electron chi connectivity index (χ4n) is 2.66. The Bertz CT molecular complexity index is 607. The number of aromatic nitrogens is 5. The van der Waals surface area contributed by atoms with Crippen molar-refractivity contribution in [3.63, 3.8) is 0 Å². The molecular formula is C14H21N7O. The van der Waals surface area contributed by atoms with Gasteiger partial charge < -0.3 is 10.1 Å². The lowest BCUT2D eigenvalue weighted by molar-refractivity contribution is 0.208. The van der Waals surface area contributed by atoms with E-state index in [1.807, 2.05) is 19.3 Å². The van der Waals surface area contributed by atoms with Crippen molar-refractivity contribution in [2.75, 3.05) is 25.5 Å². The molecular weight excluding hydrogens is 282 g/mol. The van der Waals surface area contributed by atoms with E-state index in [2.05, 4.69) is 30.4 Å². The summed E-state index contributed by atoms with van der Waals surface area (Å²) in [4.78, 5) is 12.3. The molecule has 118 valence electrons. The second kappa shape index (κ2) is 6.69. The van der Waals surface area contributed by atoms with Gasteiger partial charge in [-0.3, -0.25) is 4.90 Å². The van der Waals surface area contributed by atoms with Gasteiger partial charge >= 0.3 is 0 Å². The first-order valence-corrected chi connectivity index (χ1v) is 7.43. The standard InChI is InChI=1S/C14H21N7O/c1-20-17-8-12(19-20)9-21-5-3-11(4-6-21)18-13-7-14(22-2)16-10-15-13/h7-8,10-11H,3-6,9H2,1-2H3,(H,15,16,18). The smallest absolute Gasteiger partial charge is 0.218 e. The maximum Gasteiger partial charge on any atom is 0.218 e. The van der Waals surface area contributed by atoms with Crippen molar-refractivity contribution in [2.24, 2.45) is 7.05 Å². The number of hydrogen-bond acceptors (Lipinski definition) is 7. The average molecular weight is 303 g/mol. The van der Waals surface area contributed by atoms with Crippen LogP contribution in [-0.2, 0) is 13.6 Å². The van der Waals surface area contributed by atoms with Crippen molar-refractivity contribution < 1.29 is 4.74 Å². The summed E-state index contributed by atoms with van der Waals surface area (Å²) in [6.07, 6.45) is 5.50. The molecule has 2 aromatic heterocycles. The number of rotatable bonds is 5. The number of piperidine rings is 1. The highest BCUT2D eigenvalue weighted by molar-refractivity contribution is 5.38. The molecule has 0 spiro atoms. The molecule has 3 heterocycles. The third-order valence-electron chi connectivity index (χ3n) is 3.82. The number of aryl methyl sites for hydroxylation is 1. The number of nitrogens with one attached hydrogen (secondary N) is 1. The van der Waals surface area contributed by atoms with Crippen molar-refractivity contribution >= 4 is 5.82 Å². The van der Waals surface area contributed by atoms with Crippen LogP contribution in [0.4, 0.5) is 5.82 Å². The molecule has 8 nitrogen and oxygen atoms in total. The highest BCUT2D eigenvalue weighted by Crippen LogP contribution is 2.18. The van der Waals surface area contributed by atoms with Gasteiger partial charge in [0, 0.05) is 38.8 Å². The van der Waals surface area contributed by atoms with Crippen LogP contribution in [0.1, 0.15) is 18.5 Å². The van der Waals surface area contributed by atoms with Crippen molar-refractivity contribution in [3.05, 3.63) is 24.3 Å². The van der Waals surface area contributed by atoms with Crippen molar-refractivity contribution in [1.29, 1.82) is 0 Å². The Kier molecular flexibility index (Phi) is 4.47. The van der Waals surface area contributed by atoms with Gasteiger partial charge in [0.15, 0.2) is 0 Å². The first kappa shape index (κ1) is 14.7. The molecule has 8 heteroatoms. The second-order valence-corrected chi connectivity index (χ2v) is 5.47. The second-order valence-electron chi connectivity index (χ2n) is 5.47. The third kappa shape index (κ3) is 3.70. The van der Waals surface area contributed by atoms with Crippen LogP contribution in [0, 0.1) is 0 Å². The lowest BCUT2D eigenvalue weighted by Crippen LogP contribution is -2.38. The zero-order valence-electron chi connectivity index (χ0n) is 12.9. The fourth-order valence-corrected chi connectivity index (χ4v) is 2.66. The average Bonchev–Trinajstić information content (AvgIpc) is 2.94. The van der Waals surface area contributed by atoms with Crippen LogP contribution in [0.25, 0.3) is 0 Å². The van der Waals surface area contributed by atoms with Crippen LogP contribution in [0.5, 0.6) is 5.88 Å². The van der Waals surface area contributed by atoms with Crippen molar-refractivity contribution in [3.8, 4) is 5.88 Å². The zero-order chi connectivity index (χ0) is 15.4. The molecule has 0 radical (unpaired) electrons. The number of hydrogen-bond donors (Lipinski definition) is 1. The summed E-state index contributed by atoms with van der Waals surface area (Å²) >= 11 is 0. The molecule has 1 aliphatic heterocycles. The maximum atomic E-state index is 5.12. The molecule has 1 N–H and O–H groups in total. The van der Waals surface area contributed by atoms with E-state index in [-0.39, 0.29) is 0 Å². The number of nitrogens with zero attached hydrogens (tertiary/aromatic N) is 6. The molecule has 0 aromatic carbocycles. The molecule has 0 unspecified atom stereocenters. The molecule has 22 heavy (non-hydrogen) atoms. The van der Waals surface area contributed by atoms with Crippen LogP contribution >= 0.6 is 0 Å². The van der Waals surface area contributed by atoms with E-state index < -0.39 is 0 Å². The lowest BCUT2D eigenvalue weighted by Gasteiger charge is -2.32. The molecule has 0 amide bonds. The van der Waals surface area contributed by atoms with Crippen molar-refractivity contribution in [2.45, 2.75) is 25.4 Å². The molecule has 1 aliphatic rings. The Balaban J connectivity index is 1.49. The van der Waals surface area contributed by atoms with Gasteiger partial charge in [0.2, 0.25) is 5.88 Å². The van der Waals surface area contributed by atoms with Gasteiger partial charge in [-0.15, -0.1) is 0 Å². The number of anilines is 1. The lowest BCUT2D eigenvalue weighted by atomic mass is 10.0. The molecule has 0 saturated carbocycles. The van der Waals surface area contributed by atoms with Crippen LogP contribution < -0.4 is 10.1 Å². The van der Waals surface area contributed by atoms with Gasteiger partial charge in [-0.1, -0.05) is 0 Å². The van der Waals surface area contributed by atoms with Gasteiger partial charge in [0.25, 0.3) is 0 Å². The first-order valence-electron chi connectivity index (χ1n) is 7.43. The minimum atomic E-state index is 0.428. The van der Waals surface area contributed by atoms with E-state index >= 15 is 0 Å². The Hall–Kier alpha value is -2.22. The van der Waals surface area contributed by atoms with Crippen LogP contribution in [-0.4, -0.2) is 56.1 Å². The Morgan fingerprint density at radius 1 is 1.32 bits per heavy atom. The normalized spacial score (nSPS) is 16.6. The summed E-state index contributed by atoms with van der Waals surface area (Å²) in [7, 11) is 3.45. The summed E-state index contributed by atoms with van der Waals surface area (Å²) in [5.74, 6) is 1.40. The van der Waals surface area contributed by atoms with E-state index in [9.17, 15) is 0 Å². The fraction of sp³-hybridized carbons (Fsp3) is 0.571. The van der Waals surface area contributed by atoms with Crippen LogP contribution in [0.2, 0.25) is 0 Å². The Morgan fingerprint density at radius 2 is 2.14 bits per heavy atom. The molecule has 0 atom stereocenters. The summed E-state index contributed by atoms with van der Waals surface area (Å²) in [6, 6.07) is 2.25. The highest BCUT2D eigenvalue weighted by atomic mass is 16.5. The van der Waals surface area contributed by atoms with E-state index in [1.165, 1.54) is 6.33 Å². The molecule has 1 fully saturated rings. The molecule has 2 aromatic rings. The van der Waals surface area contributed by atoms with Crippen molar-refractivity contribution in [1.82, 2.24) is 29.9 Å². The zero-order valence-corrected chi connectivity index (χ0v) is 12.9. The topological polar surface area (TPSA) is 81.0 Å². The third-order valence-corrected chi connectivity index (χ3v) is 3.82. The number of methoxy groups -OCH3 is 1. The first-order chi connectivity index (χ1) is 10.7. The predicted octanol–water partition coefficient (Wildman–Crippen LogP) is 0.690. The van der Waals surface area contributed by atoms with Gasteiger partial charge in [-0.05, 0) is 12.8 Å². The van der Waals surface area contributed by atoms with Gasteiger partial charge in [0.1, 0.15) is 12.1 Å². The summed E-state index contributed by atoms with van der Waals surface area (Å²) < 4.78 is 5.12. The minimum absolute atomic E-state index is 0.428. The number of likely N-dealkylation sites (tertiary alicyclic amines) is 1. The van der Waals surface area contributed by atoms with E-state index in [0.29, 0.717) is 11.9 Å². The molecule has 1 saturated heterocycles. The van der Waals surface area contributed by atoms with Crippen LogP contribution in [0.15, 0.2) is 18.6 Å². The number of ether oxygens (including phenoxy) is 1. The highest BCUT2D eigenvalue weighted by Gasteiger charge is 2.20. The summed E-state index contributed by atoms with van der Waals surface area (Å²) in [5.41, 5.74) is 1.02. The largest absolute Gasteiger partial charge is 0.481 e.